The molecule has 4 heteroatoms. The number of hydrogen-bond donors (Lipinski definition) is 2. The van der Waals surface area contributed by atoms with Gasteiger partial charge in [-0.15, -0.1) is 0 Å². The van der Waals surface area contributed by atoms with E-state index in [1.807, 2.05) is 20.8 Å². The largest absolute Gasteiger partial charge is 0.496 e. The van der Waals surface area contributed by atoms with Crippen molar-refractivity contribution in [2.45, 2.75) is 26.8 Å². The van der Waals surface area contributed by atoms with Gasteiger partial charge < -0.3 is 15.8 Å². The molecule has 1 aromatic carbocycles. The summed E-state index contributed by atoms with van der Waals surface area (Å²) in [5.41, 5.74) is 10.7. The number of benzene rings is 1. The molecule has 0 bridgehead atoms. The normalized spacial score (nSPS) is 17.4. The minimum Gasteiger partial charge on any atom is -0.496 e. The van der Waals surface area contributed by atoms with Crippen molar-refractivity contribution < 1.29 is 4.74 Å². The van der Waals surface area contributed by atoms with Gasteiger partial charge in [-0.3, -0.25) is 0 Å². The zero-order chi connectivity index (χ0) is 13.4. The molecule has 18 heavy (non-hydrogen) atoms. The number of ether oxygens (including phenoxy) is 1. The summed E-state index contributed by atoms with van der Waals surface area (Å²) in [6, 6.07) is -0.0157. The van der Waals surface area contributed by atoms with Gasteiger partial charge in [0.05, 0.1) is 7.11 Å². The van der Waals surface area contributed by atoms with Crippen molar-refractivity contribution in [3.8, 4) is 5.75 Å². The molecule has 1 aliphatic heterocycles. The lowest BCUT2D eigenvalue weighted by Gasteiger charge is -2.34. The average Bonchev–Trinajstić information content (AvgIpc) is 2.28. The van der Waals surface area contributed by atoms with Crippen LogP contribution in [0.15, 0.2) is 0 Å². The Morgan fingerprint density at radius 2 is 1.83 bits per heavy atom. The van der Waals surface area contributed by atoms with Crippen molar-refractivity contribution >= 4 is 11.6 Å². The summed E-state index contributed by atoms with van der Waals surface area (Å²) in [5.74, 6) is 1.37. The third-order valence-electron chi connectivity index (χ3n) is 4.07. The summed E-state index contributed by atoms with van der Waals surface area (Å²) in [6.45, 7) is 8.02. The number of nitrogens with two attached hydrogens (primary N) is 1. The molecule has 1 aromatic rings. The maximum absolute atomic E-state index is 6.40. The molecule has 1 fully saturated rings. The standard InChI is InChI=1S/C14H21ClN2O/c1-7-8(2)14(18-4)11(9(3)12(7)15)13(16)10-5-17-6-10/h10,13,17H,5-6,16H2,1-4H3. The van der Waals surface area contributed by atoms with Gasteiger partial charge in [0, 0.05) is 35.6 Å². The second kappa shape index (κ2) is 5.08. The van der Waals surface area contributed by atoms with Crippen LogP contribution in [0.3, 0.4) is 0 Å². The fourth-order valence-electron chi connectivity index (χ4n) is 2.57. The van der Waals surface area contributed by atoms with Crippen LogP contribution in [0, 0.1) is 26.7 Å². The third-order valence-corrected chi connectivity index (χ3v) is 4.64. The molecule has 1 atom stereocenters. The van der Waals surface area contributed by atoms with E-state index in [2.05, 4.69) is 5.32 Å². The van der Waals surface area contributed by atoms with Crippen LogP contribution in [-0.2, 0) is 0 Å². The molecule has 1 unspecified atom stereocenters. The number of hydrogen-bond acceptors (Lipinski definition) is 3. The van der Waals surface area contributed by atoms with Gasteiger partial charge >= 0.3 is 0 Å². The Labute approximate surface area is 114 Å². The smallest absolute Gasteiger partial charge is 0.127 e. The Balaban J connectivity index is 2.56. The van der Waals surface area contributed by atoms with Crippen LogP contribution in [0.5, 0.6) is 5.75 Å². The molecular formula is C14H21ClN2O. The number of nitrogens with one attached hydrogen (secondary N) is 1. The lowest BCUT2D eigenvalue weighted by Crippen LogP contribution is -2.47. The van der Waals surface area contributed by atoms with E-state index in [0.29, 0.717) is 5.92 Å². The molecule has 3 nitrogen and oxygen atoms in total. The molecule has 3 N–H and O–H groups in total. The van der Waals surface area contributed by atoms with E-state index in [4.69, 9.17) is 22.1 Å². The minimum absolute atomic E-state index is 0.0157. The number of halogens is 1. The first-order valence-electron chi connectivity index (χ1n) is 6.28. The van der Waals surface area contributed by atoms with Crippen molar-refractivity contribution in [1.82, 2.24) is 5.32 Å². The van der Waals surface area contributed by atoms with E-state index in [1.54, 1.807) is 7.11 Å². The molecule has 0 saturated carbocycles. The molecule has 100 valence electrons. The van der Waals surface area contributed by atoms with Gasteiger partial charge in [-0.1, -0.05) is 11.6 Å². The van der Waals surface area contributed by atoms with Crippen molar-refractivity contribution in [2.75, 3.05) is 20.2 Å². The topological polar surface area (TPSA) is 47.3 Å². The first-order chi connectivity index (χ1) is 8.49. The molecular weight excluding hydrogens is 248 g/mol. The zero-order valence-electron chi connectivity index (χ0n) is 11.4. The molecule has 1 aliphatic rings. The highest BCUT2D eigenvalue weighted by Crippen LogP contribution is 2.40. The highest BCUT2D eigenvalue weighted by atomic mass is 35.5. The summed E-state index contributed by atoms with van der Waals surface area (Å²) in [6.07, 6.45) is 0. The second-order valence-electron chi connectivity index (χ2n) is 5.08. The Hall–Kier alpha value is -0.770. The summed E-state index contributed by atoms with van der Waals surface area (Å²) < 4.78 is 5.57. The van der Waals surface area contributed by atoms with Crippen LogP contribution in [0.1, 0.15) is 28.3 Å². The zero-order valence-corrected chi connectivity index (χ0v) is 12.2. The van der Waals surface area contributed by atoms with Gasteiger partial charge in [-0.25, -0.2) is 0 Å². The van der Waals surface area contributed by atoms with Gasteiger partial charge in [0.25, 0.3) is 0 Å². The van der Waals surface area contributed by atoms with Crippen molar-refractivity contribution in [3.63, 3.8) is 0 Å². The predicted molar refractivity (Wildman–Crippen MR) is 75.5 cm³/mol. The summed E-state index contributed by atoms with van der Waals surface area (Å²) in [4.78, 5) is 0. The van der Waals surface area contributed by atoms with E-state index < -0.39 is 0 Å². The molecule has 0 amide bonds. The van der Waals surface area contributed by atoms with Crippen molar-refractivity contribution in [1.29, 1.82) is 0 Å². The number of methoxy groups -OCH3 is 1. The first-order valence-corrected chi connectivity index (χ1v) is 6.66. The molecule has 0 aromatic heterocycles. The number of rotatable bonds is 3. The quantitative estimate of drug-likeness (QED) is 0.886. The van der Waals surface area contributed by atoms with E-state index in [-0.39, 0.29) is 6.04 Å². The van der Waals surface area contributed by atoms with Crippen LogP contribution < -0.4 is 15.8 Å². The highest BCUT2D eigenvalue weighted by Gasteiger charge is 2.30. The van der Waals surface area contributed by atoms with Gasteiger partial charge in [0.15, 0.2) is 0 Å². The van der Waals surface area contributed by atoms with Crippen molar-refractivity contribution in [3.05, 3.63) is 27.3 Å². The predicted octanol–water partition coefficient (Wildman–Crippen LogP) is 2.49. The lowest BCUT2D eigenvalue weighted by molar-refractivity contribution is 0.287. The Bertz CT molecular complexity index is 470. The van der Waals surface area contributed by atoms with Crippen LogP contribution in [-0.4, -0.2) is 20.2 Å². The van der Waals surface area contributed by atoms with Crippen molar-refractivity contribution in [2.24, 2.45) is 11.7 Å². The average molecular weight is 269 g/mol. The van der Waals surface area contributed by atoms with Gasteiger partial charge in [0.2, 0.25) is 0 Å². The van der Waals surface area contributed by atoms with Crippen LogP contribution in [0.2, 0.25) is 5.02 Å². The maximum Gasteiger partial charge on any atom is 0.127 e. The SMILES string of the molecule is COc1c(C)c(C)c(Cl)c(C)c1C(N)C1CNC1. The van der Waals surface area contributed by atoms with E-state index in [9.17, 15) is 0 Å². The minimum atomic E-state index is -0.0157. The second-order valence-corrected chi connectivity index (χ2v) is 5.46. The summed E-state index contributed by atoms with van der Waals surface area (Å²) >= 11 is 6.40. The van der Waals surface area contributed by atoms with E-state index >= 15 is 0 Å². The van der Waals surface area contributed by atoms with E-state index in [0.717, 1.165) is 46.1 Å². The monoisotopic (exact) mass is 268 g/mol. The van der Waals surface area contributed by atoms with Crippen LogP contribution in [0.4, 0.5) is 0 Å². The van der Waals surface area contributed by atoms with Gasteiger partial charge in [-0.05, 0) is 37.5 Å². The molecule has 2 rings (SSSR count). The first kappa shape index (κ1) is 13.7. The van der Waals surface area contributed by atoms with Crippen LogP contribution in [0.25, 0.3) is 0 Å². The Kier molecular flexibility index (Phi) is 3.85. The maximum atomic E-state index is 6.40. The highest BCUT2D eigenvalue weighted by molar-refractivity contribution is 6.32. The molecule has 0 radical (unpaired) electrons. The fraction of sp³-hybridized carbons (Fsp3) is 0.571. The lowest BCUT2D eigenvalue weighted by atomic mass is 9.84. The fourth-order valence-corrected chi connectivity index (χ4v) is 2.82. The summed E-state index contributed by atoms with van der Waals surface area (Å²) in [7, 11) is 1.70. The molecule has 0 aliphatic carbocycles. The summed E-state index contributed by atoms with van der Waals surface area (Å²) in [5, 5.41) is 4.07. The Morgan fingerprint density at radius 1 is 1.22 bits per heavy atom. The van der Waals surface area contributed by atoms with Gasteiger partial charge in [-0.2, -0.15) is 0 Å². The molecule has 1 heterocycles. The molecule has 0 spiro atoms. The van der Waals surface area contributed by atoms with E-state index in [1.165, 1.54) is 0 Å². The Morgan fingerprint density at radius 3 is 2.28 bits per heavy atom. The van der Waals surface area contributed by atoms with Gasteiger partial charge in [0.1, 0.15) is 5.75 Å². The molecule has 1 saturated heterocycles. The third kappa shape index (κ3) is 2.00. The van der Waals surface area contributed by atoms with Crippen LogP contribution >= 0.6 is 11.6 Å².